The van der Waals surface area contributed by atoms with E-state index in [0.717, 1.165) is 0 Å². The molecule has 0 aromatic heterocycles. The molecule has 2 N–H and O–H groups in total. The Labute approximate surface area is 109 Å². The molecular formula is C12H14FNO3S. The van der Waals surface area contributed by atoms with Crippen molar-refractivity contribution in [3.63, 3.8) is 0 Å². The fraction of sp³-hybridized carbons (Fsp3) is 0.333. The van der Waals surface area contributed by atoms with Gasteiger partial charge in [-0.2, -0.15) is 11.8 Å². The van der Waals surface area contributed by atoms with E-state index in [1.807, 2.05) is 0 Å². The number of nitrogens with one attached hydrogen (secondary N) is 1. The molecule has 1 aromatic carbocycles. The van der Waals surface area contributed by atoms with Gasteiger partial charge in [-0.15, -0.1) is 0 Å². The van der Waals surface area contributed by atoms with Gasteiger partial charge in [0.05, 0.1) is 0 Å². The van der Waals surface area contributed by atoms with E-state index in [1.165, 1.54) is 24.8 Å². The van der Waals surface area contributed by atoms with Gasteiger partial charge in [-0.05, 0) is 11.6 Å². The number of benzene rings is 1. The van der Waals surface area contributed by atoms with Gasteiger partial charge in [-0.25, -0.2) is 9.18 Å². The van der Waals surface area contributed by atoms with Crippen molar-refractivity contribution in [2.24, 2.45) is 0 Å². The van der Waals surface area contributed by atoms with Crippen molar-refractivity contribution in [2.45, 2.75) is 18.7 Å². The van der Waals surface area contributed by atoms with Crippen LogP contribution in [0.2, 0.25) is 0 Å². The second-order valence-corrected chi connectivity index (χ2v) is 4.73. The second kappa shape index (κ2) is 7.00. The molecule has 0 bridgehead atoms. The van der Waals surface area contributed by atoms with E-state index < -0.39 is 17.9 Å². The lowest BCUT2D eigenvalue weighted by Gasteiger charge is -2.12. The minimum Gasteiger partial charge on any atom is -0.480 e. The second-order valence-electron chi connectivity index (χ2n) is 3.70. The zero-order valence-corrected chi connectivity index (χ0v) is 10.7. The third kappa shape index (κ3) is 4.75. The Balaban J connectivity index is 2.46. The molecule has 1 rings (SSSR count). The topological polar surface area (TPSA) is 66.4 Å². The van der Waals surface area contributed by atoms with E-state index in [-0.39, 0.29) is 11.6 Å². The zero-order chi connectivity index (χ0) is 13.5. The lowest BCUT2D eigenvalue weighted by Crippen LogP contribution is -2.41. The Morgan fingerprint density at radius 1 is 1.44 bits per heavy atom. The Morgan fingerprint density at radius 2 is 2.11 bits per heavy atom. The van der Waals surface area contributed by atoms with E-state index in [4.69, 9.17) is 5.11 Å². The van der Waals surface area contributed by atoms with E-state index in [1.54, 1.807) is 18.2 Å². The van der Waals surface area contributed by atoms with Gasteiger partial charge in [0.15, 0.2) is 0 Å². The highest BCUT2D eigenvalue weighted by Crippen LogP contribution is 2.16. The first kappa shape index (κ1) is 14.5. The predicted octanol–water partition coefficient (Wildman–Crippen LogP) is 1.65. The maximum atomic E-state index is 13.3. The van der Waals surface area contributed by atoms with Crippen LogP contribution in [0.25, 0.3) is 0 Å². The lowest BCUT2D eigenvalue weighted by atomic mass is 10.2. The number of carboxylic acid groups (broad SMARTS) is 1. The molecule has 1 atom stereocenters. The molecule has 18 heavy (non-hydrogen) atoms. The number of hydrogen-bond acceptors (Lipinski definition) is 3. The number of carbonyl (C=O) groups excluding carboxylic acids is 1. The molecule has 0 aliphatic carbocycles. The van der Waals surface area contributed by atoms with Crippen LogP contribution >= 0.6 is 11.8 Å². The molecule has 1 amide bonds. The van der Waals surface area contributed by atoms with Gasteiger partial charge < -0.3 is 10.4 Å². The first-order valence-electron chi connectivity index (χ1n) is 5.31. The number of amides is 1. The van der Waals surface area contributed by atoms with Gasteiger partial charge >= 0.3 is 5.97 Å². The summed E-state index contributed by atoms with van der Waals surface area (Å²) < 4.78 is 13.3. The van der Waals surface area contributed by atoms with Gasteiger partial charge in [0, 0.05) is 18.4 Å². The summed E-state index contributed by atoms with van der Waals surface area (Å²) in [7, 11) is 0. The fourth-order valence-corrected chi connectivity index (χ4v) is 2.36. The number of halogens is 1. The van der Waals surface area contributed by atoms with Crippen molar-refractivity contribution >= 4 is 23.6 Å². The molecular weight excluding hydrogens is 257 g/mol. The van der Waals surface area contributed by atoms with Crippen LogP contribution in [0.3, 0.4) is 0 Å². The number of rotatable bonds is 6. The van der Waals surface area contributed by atoms with Crippen LogP contribution in [0.5, 0.6) is 0 Å². The minimum atomic E-state index is -1.09. The molecule has 0 aliphatic rings. The number of carboxylic acids is 1. The molecule has 98 valence electrons. The molecule has 0 saturated heterocycles. The molecule has 4 nitrogen and oxygen atoms in total. The predicted molar refractivity (Wildman–Crippen MR) is 67.8 cm³/mol. The Bertz CT molecular complexity index is 439. The standard InChI is InChI=1S/C12H14FNO3S/c1-8(15)14-11(12(16)17)7-18-6-9-4-2-3-5-10(9)13/h2-5,11H,6-7H2,1H3,(H,14,15)(H,16,17)/t11-/m0/s1. The highest BCUT2D eigenvalue weighted by Gasteiger charge is 2.18. The van der Waals surface area contributed by atoms with Gasteiger partial charge in [0.25, 0.3) is 0 Å². The van der Waals surface area contributed by atoms with Crippen LogP contribution in [-0.2, 0) is 15.3 Å². The summed E-state index contributed by atoms with van der Waals surface area (Å²) in [6.45, 7) is 1.26. The molecule has 1 aromatic rings. The van der Waals surface area contributed by atoms with E-state index >= 15 is 0 Å². The summed E-state index contributed by atoms with van der Waals surface area (Å²) in [4.78, 5) is 21.6. The number of thioether (sulfide) groups is 1. The van der Waals surface area contributed by atoms with Crippen molar-refractivity contribution < 1.29 is 19.1 Å². The summed E-state index contributed by atoms with van der Waals surface area (Å²) in [5, 5.41) is 11.2. The quantitative estimate of drug-likeness (QED) is 0.825. The first-order valence-corrected chi connectivity index (χ1v) is 6.47. The molecule has 0 radical (unpaired) electrons. The van der Waals surface area contributed by atoms with Gasteiger partial charge in [-0.1, -0.05) is 18.2 Å². The summed E-state index contributed by atoms with van der Waals surface area (Å²) in [6.07, 6.45) is 0. The molecule has 0 saturated carbocycles. The average Bonchev–Trinajstić information content (AvgIpc) is 2.29. The molecule has 6 heteroatoms. The van der Waals surface area contributed by atoms with Crippen molar-refractivity contribution in [1.29, 1.82) is 0 Å². The Kier molecular flexibility index (Phi) is 5.64. The van der Waals surface area contributed by atoms with Crippen LogP contribution in [0, 0.1) is 5.82 Å². The van der Waals surface area contributed by atoms with Crippen LogP contribution in [0.1, 0.15) is 12.5 Å². The van der Waals surface area contributed by atoms with Gasteiger partial charge in [0.2, 0.25) is 5.91 Å². The van der Waals surface area contributed by atoms with Crippen LogP contribution < -0.4 is 5.32 Å². The summed E-state index contributed by atoms with van der Waals surface area (Å²) in [6, 6.07) is 5.39. The van der Waals surface area contributed by atoms with Gasteiger partial charge in [0.1, 0.15) is 11.9 Å². The SMILES string of the molecule is CC(=O)N[C@@H](CSCc1ccccc1F)C(=O)O. The third-order valence-electron chi connectivity index (χ3n) is 2.18. The maximum Gasteiger partial charge on any atom is 0.327 e. The smallest absolute Gasteiger partial charge is 0.327 e. The third-order valence-corrected chi connectivity index (χ3v) is 3.26. The number of hydrogen-bond donors (Lipinski definition) is 2. The number of carbonyl (C=O) groups is 2. The largest absolute Gasteiger partial charge is 0.480 e. The highest BCUT2D eigenvalue weighted by molar-refractivity contribution is 7.98. The monoisotopic (exact) mass is 271 g/mol. The van der Waals surface area contributed by atoms with Crippen molar-refractivity contribution in [2.75, 3.05) is 5.75 Å². The van der Waals surface area contributed by atoms with E-state index in [9.17, 15) is 14.0 Å². The maximum absolute atomic E-state index is 13.3. The molecule has 0 fully saturated rings. The Morgan fingerprint density at radius 3 is 2.67 bits per heavy atom. The van der Waals surface area contributed by atoms with E-state index in [0.29, 0.717) is 11.3 Å². The zero-order valence-electron chi connectivity index (χ0n) is 9.85. The Hall–Kier alpha value is -1.56. The molecule has 0 aliphatic heterocycles. The van der Waals surface area contributed by atoms with E-state index in [2.05, 4.69) is 5.32 Å². The normalized spacial score (nSPS) is 11.9. The van der Waals surface area contributed by atoms with Crippen LogP contribution in [-0.4, -0.2) is 28.8 Å². The fourth-order valence-electron chi connectivity index (χ4n) is 1.32. The molecule has 0 spiro atoms. The van der Waals surface area contributed by atoms with Crippen LogP contribution in [0.15, 0.2) is 24.3 Å². The van der Waals surface area contributed by atoms with Crippen molar-refractivity contribution in [3.8, 4) is 0 Å². The van der Waals surface area contributed by atoms with Crippen molar-refractivity contribution in [1.82, 2.24) is 5.32 Å². The lowest BCUT2D eigenvalue weighted by molar-refractivity contribution is -0.140. The summed E-state index contributed by atoms with van der Waals surface area (Å²) in [5.74, 6) is -1.23. The molecule has 0 unspecified atom stereocenters. The number of aliphatic carboxylic acids is 1. The van der Waals surface area contributed by atoms with Crippen molar-refractivity contribution in [3.05, 3.63) is 35.6 Å². The average molecular weight is 271 g/mol. The minimum absolute atomic E-state index is 0.198. The molecule has 0 heterocycles. The first-order chi connectivity index (χ1) is 8.50. The van der Waals surface area contributed by atoms with Gasteiger partial charge in [-0.3, -0.25) is 4.79 Å². The summed E-state index contributed by atoms with van der Waals surface area (Å²) in [5.41, 5.74) is 0.523. The van der Waals surface area contributed by atoms with Crippen LogP contribution in [0.4, 0.5) is 4.39 Å². The highest BCUT2D eigenvalue weighted by atomic mass is 32.2. The summed E-state index contributed by atoms with van der Waals surface area (Å²) >= 11 is 1.26.